The average molecular weight is 661 g/mol. The molecular formula is C45H29N2PS. The van der Waals surface area contributed by atoms with E-state index in [1.54, 1.807) is 0 Å². The fraction of sp³-hybridized carbons (Fsp3) is 0. The Morgan fingerprint density at radius 1 is 0.449 bits per heavy atom. The van der Waals surface area contributed by atoms with Gasteiger partial charge in [0.2, 0.25) is 0 Å². The van der Waals surface area contributed by atoms with Crippen molar-refractivity contribution in [1.82, 2.24) is 9.38 Å². The zero-order valence-corrected chi connectivity index (χ0v) is 28.2. The van der Waals surface area contributed by atoms with Crippen LogP contribution in [0.15, 0.2) is 176 Å². The fourth-order valence-corrected chi connectivity index (χ4v) is 11.5. The second-order valence-corrected chi connectivity index (χ2v) is 17.1. The first-order chi connectivity index (χ1) is 24.2. The third-order valence-electron chi connectivity index (χ3n) is 10.0. The zero-order valence-electron chi connectivity index (χ0n) is 26.5. The number of imidazole rings is 1. The van der Waals surface area contributed by atoms with Crippen molar-refractivity contribution in [3.8, 4) is 11.1 Å². The molecule has 8 aromatic carbocycles. The molecule has 2 heterocycles. The lowest BCUT2D eigenvalue weighted by atomic mass is 9.98. The molecule has 4 heteroatoms. The van der Waals surface area contributed by atoms with Gasteiger partial charge in [0.05, 0.1) is 16.6 Å². The van der Waals surface area contributed by atoms with Gasteiger partial charge in [0, 0.05) is 22.2 Å². The molecule has 10 rings (SSSR count). The molecular weight excluding hydrogens is 632 g/mol. The number of nitrogens with zero attached hydrogens (tertiary/aromatic N) is 2. The van der Waals surface area contributed by atoms with Gasteiger partial charge in [-0.3, -0.25) is 4.40 Å². The maximum atomic E-state index is 6.83. The van der Waals surface area contributed by atoms with Gasteiger partial charge in [-0.25, -0.2) is 4.98 Å². The molecule has 10 aromatic rings. The summed E-state index contributed by atoms with van der Waals surface area (Å²) in [5.41, 5.74) is 6.56. The maximum Gasteiger partial charge on any atom is 0.146 e. The lowest BCUT2D eigenvalue weighted by molar-refractivity contribution is 1.32. The smallest absolute Gasteiger partial charge is 0.146 e. The van der Waals surface area contributed by atoms with Crippen molar-refractivity contribution >= 4 is 93.7 Å². The molecule has 0 radical (unpaired) electrons. The van der Waals surface area contributed by atoms with Crippen molar-refractivity contribution in [3.05, 3.63) is 176 Å². The number of hydrogen-bond acceptors (Lipinski definition) is 2. The van der Waals surface area contributed by atoms with E-state index >= 15 is 0 Å². The molecule has 0 atom stereocenters. The molecule has 0 aliphatic heterocycles. The quantitative estimate of drug-likeness (QED) is 0.138. The van der Waals surface area contributed by atoms with E-state index in [0.717, 1.165) is 27.6 Å². The molecule has 0 spiro atoms. The second kappa shape index (κ2) is 11.0. The van der Waals surface area contributed by atoms with Crippen molar-refractivity contribution in [2.75, 3.05) is 0 Å². The molecule has 2 aromatic heterocycles. The lowest BCUT2D eigenvalue weighted by Crippen LogP contribution is -2.24. The molecule has 0 unspecified atom stereocenters. The zero-order chi connectivity index (χ0) is 32.5. The van der Waals surface area contributed by atoms with E-state index in [1.165, 1.54) is 59.4 Å². The highest BCUT2D eigenvalue weighted by Crippen LogP contribution is 2.45. The molecule has 49 heavy (non-hydrogen) atoms. The summed E-state index contributed by atoms with van der Waals surface area (Å²) in [6.45, 7) is 0. The molecule has 0 saturated heterocycles. The van der Waals surface area contributed by atoms with Crippen LogP contribution in [-0.4, -0.2) is 9.38 Å². The highest BCUT2D eigenvalue weighted by molar-refractivity contribution is 8.25. The van der Waals surface area contributed by atoms with Crippen LogP contribution in [0.2, 0.25) is 0 Å². The minimum atomic E-state index is -2.37. The number of rotatable bonds is 4. The van der Waals surface area contributed by atoms with Gasteiger partial charge >= 0.3 is 0 Å². The summed E-state index contributed by atoms with van der Waals surface area (Å²) in [6.07, 6.45) is 0. The van der Waals surface area contributed by atoms with Gasteiger partial charge < -0.3 is 0 Å². The number of hydrogen-bond donors (Lipinski definition) is 0. The molecule has 0 saturated carbocycles. The van der Waals surface area contributed by atoms with Gasteiger partial charge in [0.15, 0.2) is 0 Å². The minimum absolute atomic E-state index is 0.969. The van der Waals surface area contributed by atoms with Crippen molar-refractivity contribution in [2.45, 2.75) is 0 Å². The molecule has 0 fully saturated rings. The van der Waals surface area contributed by atoms with Crippen LogP contribution in [0.1, 0.15) is 0 Å². The maximum absolute atomic E-state index is 6.83. The summed E-state index contributed by atoms with van der Waals surface area (Å²) >= 11 is 6.83. The number of benzene rings is 8. The van der Waals surface area contributed by atoms with Crippen LogP contribution < -0.4 is 15.9 Å². The van der Waals surface area contributed by atoms with Gasteiger partial charge in [-0.2, -0.15) is 0 Å². The molecule has 230 valence electrons. The second-order valence-electron chi connectivity index (χ2n) is 12.7. The van der Waals surface area contributed by atoms with Crippen LogP contribution in [-0.2, 0) is 11.8 Å². The Balaban J connectivity index is 1.31. The van der Waals surface area contributed by atoms with Crippen molar-refractivity contribution in [3.63, 3.8) is 0 Å². The summed E-state index contributed by atoms with van der Waals surface area (Å²) in [5.74, 6) is 0. The summed E-state index contributed by atoms with van der Waals surface area (Å²) in [7, 11) is 0. The largest absolute Gasteiger partial charge is 0.292 e. The molecule has 0 bridgehead atoms. The Kier molecular flexibility index (Phi) is 6.36. The van der Waals surface area contributed by atoms with E-state index in [-0.39, 0.29) is 0 Å². The van der Waals surface area contributed by atoms with E-state index in [9.17, 15) is 0 Å². The first-order valence-electron chi connectivity index (χ1n) is 16.6. The number of aromatic nitrogens is 2. The number of pyridine rings is 1. The van der Waals surface area contributed by atoms with Crippen LogP contribution in [0.4, 0.5) is 0 Å². The highest BCUT2D eigenvalue weighted by Gasteiger charge is 2.26. The first kappa shape index (κ1) is 28.4. The standard InChI is InChI=1S/C45H29N2PS/c49-48(33-15-3-1-4-16-33,34-17-5-2-6-18-34)35-24-27-42-40(29-35)44-38-20-10-8-13-31(38)22-25-39(44)45-46-41-28-32(23-26-43(41)47(42)45)37-21-11-14-30-12-7-9-19-36(30)37/h1-29H. The molecule has 0 aliphatic carbocycles. The van der Waals surface area contributed by atoms with E-state index < -0.39 is 6.04 Å². The predicted molar refractivity (Wildman–Crippen MR) is 214 cm³/mol. The Hall–Kier alpha value is -5.60. The molecule has 0 amide bonds. The van der Waals surface area contributed by atoms with Crippen LogP contribution >= 0.6 is 6.04 Å². The van der Waals surface area contributed by atoms with E-state index in [1.807, 2.05) is 0 Å². The van der Waals surface area contributed by atoms with E-state index in [2.05, 4.69) is 180 Å². The van der Waals surface area contributed by atoms with E-state index in [4.69, 9.17) is 16.8 Å². The van der Waals surface area contributed by atoms with Crippen LogP contribution in [0.3, 0.4) is 0 Å². The Bertz CT molecular complexity index is 2920. The van der Waals surface area contributed by atoms with Gasteiger partial charge in [0.25, 0.3) is 0 Å². The first-order valence-corrected chi connectivity index (χ1v) is 19.4. The minimum Gasteiger partial charge on any atom is -0.292 e. The third kappa shape index (κ3) is 4.26. The Labute approximate surface area is 288 Å². The summed E-state index contributed by atoms with van der Waals surface area (Å²) < 4.78 is 2.35. The highest BCUT2D eigenvalue weighted by atomic mass is 32.4. The third-order valence-corrected chi connectivity index (χ3v) is 15.0. The molecule has 0 aliphatic rings. The van der Waals surface area contributed by atoms with Crippen LogP contribution in [0.25, 0.3) is 71.0 Å². The molecule has 0 N–H and O–H groups in total. The lowest BCUT2D eigenvalue weighted by Gasteiger charge is -2.25. The van der Waals surface area contributed by atoms with Gasteiger partial charge in [0.1, 0.15) is 5.65 Å². The van der Waals surface area contributed by atoms with Crippen molar-refractivity contribution in [1.29, 1.82) is 0 Å². The van der Waals surface area contributed by atoms with E-state index in [0.29, 0.717) is 0 Å². The van der Waals surface area contributed by atoms with Crippen LogP contribution in [0, 0.1) is 0 Å². The summed E-state index contributed by atoms with van der Waals surface area (Å²) in [5, 5.41) is 12.0. The predicted octanol–water partition coefficient (Wildman–Crippen LogP) is 10.5. The average Bonchev–Trinajstić information content (AvgIpc) is 3.57. The fourth-order valence-electron chi connectivity index (χ4n) is 7.74. The number of fused-ring (bicyclic) bond motifs is 11. The summed E-state index contributed by atoms with van der Waals surface area (Å²) in [6, 6.07) is 61.0. The Morgan fingerprint density at radius 2 is 1.08 bits per heavy atom. The molecule has 2 nitrogen and oxygen atoms in total. The Morgan fingerprint density at radius 3 is 1.84 bits per heavy atom. The van der Waals surface area contributed by atoms with Crippen LogP contribution in [0.5, 0.6) is 0 Å². The SMILES string of the molecule is S=P(c1ccccc1)(c1ccccc1)c1ccc2c(c1)c1c3ccccc3ccc1c1nc3cc(-c4cccc5ccccc45)ccc3n21. The summed E-state index contributed by atoms with van der Waals surface area (Å²) in [4.78, 5) is 5.38. The van der Waals surface area contributed by atoms with Gasteiger partial charge in [-0.05, 0) is 78.9 Å². The van der Waals surface area contributed by atoms with Crippen molar-refractivity contribution in [2.24, 2.45) is 0 Å². The van der Waals surface area contributed by atoms with Gasteiger partial charge in [-0.1, -0.05) is 157 Å². The monoisotopic (exact) mass is 660 g/mol. The normalized spacial score (nSPS) is 12.2. The topological polar surface area (TPSA) is 17.3 Å². The van der Waals surface area contributed by atoms with Crippen molar-refractivity contribution < 1.29 is 0 Å². The van der Waals surface area contributed by atoms with Gasteiger partial charge in [-0.15, -0.1) is 0 Å².